The molecule has 0 aliphatic carbocycles. The van der Waals surface area contributed by atoms with Gasteiger partial charge in [-0.2, -0.15) is 5.10 Å². The number of anilines is 2. The Morgan fingerprint density at radius 1 is 1.08 bits per heavy atom. The first-order valence-corrected chi connectivity index (χ1v) is 7.96. The van der Waals surface area contributed by atoms with Gasteiger partial charge in [0.2, 0.25) is 5.91 Å². The molecule has 0 radical (unpaired) electrons. The Morgan fingerprint density at radius 3 is 2.46 bits per heavy atom. The lowest BCUT2D eigenvalue weighted by Gasteiger charge is -2.22. The Hall–Kier alpha value is -3.08. The number of carbonyl (C=O) groups is 1. The third-order valence-electron chi connectivity index (χ3n) is 3.82. The number of hydrogen-bond acceptors (Lipinski definition) is 3. The lowest BCUT2D eigenvalue weighted by molar-refractivity contribution is -0.115. The van der Waals surface area contributed by atoms with E-state index in [1.54, 1.807) is 6.20 Å². The van der Waals surface area contributed by atoms with E-state index in [1.807, 2.05) is 72.5 Å². The quantitative estimate of drug-likeness (QED) is 0.730. The number of nitrogens with zero attached hydrogens (tertiary/aromatic N) is 2. The van der Waals surface area contributed by atoms with E-state index >= 15 is 0 Å². The van der Waals surface area contributed by atoms with E-state index in [1.165, 1.54) is 0 Å². The molecular formula is C19H20N4O. The lowest BCUT2D eigenvalue weighted by Crippen LogP contribution is -2.33. The standard InChI is InChI=1S/C19H20N4O/c1-2-23(17-6-4-3-5-7-17)14-19(24)21-16-10-8-15(9-11-16)18-12-13-20-22-18/h3-13H,2,14H2,1H3,(H,20,22)(H,21,24). The Kier molecular flexibility index (Phi) is 4.91. The van der Waals surface area contributed by atoms with Crippen molar-refractivity contribution in [2.75, 3.05) is 23.3 Å². The van der Waals surface area contributed by atoms with Crippen LogP contribution in [0.15, 0.2) is 66.9 Å². The minimum Gasteiger partial charge on any atom is -0.362 e. The number of nitrogens with one attached hydrogen (secondary N) is 2. The van der Waals surface area contributed by atoms with Crippen LogP contribution in [0.5, 0.6) is 0 Å². The van der Waals surface area contributed by atoms with Crippen molar-refractivity contribution in [3.63, 3.8) is 0 Å². The number of H-pyrrole nitrogens is 1. The molecule has 0 fully saturated rings. The predicted octanol–water partition coefficient (Wildman–Crippen LogP) is 3.54. The van der Waals surface area contributed by atoms with Crippen LogP contribution in [0.4, 0.5) is 11.4 Å². The van der Waals surface area contributed by atoms with Crippen molar-refractivity contribution >= 4 is 17.3 Å². The molecule has 0 aliphatic heterocycles. The maximum Gasteiger partial charge on any atom is 0.243 e. The second kappa shape index (κ2) is 7.46. The lowest BCUT2D eigenvalue weighted by atomic mass is 10.1. The monoisotopic (exact) mass is 320 g/mol. The number of aromatic nitrogens is 2. The topological polar surface area (TPSA) is 61.0 Å². The molecule has 0 spiro atoms. The second-order valence-corrected chi connectivity index (χ2v) is 5.45. The molecule has 2 N–H and O–H groups in total. The van der Waals surface area contributed by atoms with E-state index in [-0.39, 0.29) is 5.91 Å². The number of rotatable bonds is 6. The molecule has 122 valence electrons. The van der Waals surface area contributed by atoms with Gasteiger partial charge < -0.3 is 10.2 Å². The SMILES string of the molecule is CCN(CC(=O)Nc1ccc(-c2ccn[nH]2)cc1)c1ccccc1. The van der Waals surface area contributed by atoms with Gasteiger partial charge in [0.05, 0.1) is 12.2 Å². The molecule has 0 bridgehead atoms. The summed E-state index contributed by atoms with van der Waals surface area (Å²) in [5.74, 6) is -0.0324. The minimum atomic E-state index is -0.0324. The summed E-state index contributed by atoms with van der Waals surface area (Å²) in [6.45, 7) is 3.14. The summed E-state index contributed by atoms with van der Waals surface area (Å²) in [6, 6.07) is 19.6. The average Bonchev–Trinajstić information content (AvgIpc) is 3.16. The number of para-hydroxylation sites is 1. The Morgan fingerprint density at radius 2 is 1.83 bits per heavy atom. The van der Waals surface area contributed by atoms with Crippen LogP contribution >= 0.6 is 0 Å². The third kappa shape index (κ3) is 3.81. The third-order valence-corrected chi connectivity index (χ3v) is 3.82. The fraction of sp³-hybridized carbons (Fsp3) is 0.158. The average molecular weight is 320 g/mol. The van der Waals surface area contributed by atoms with E-state index in [4.69, 9.17) is 0 Å². The van der Waals surface area contributed by atoms with Gasteiger partial charge in [0.1, 0.15) is 0 Å². The zero-order valence-corrected chi connectivity index (χ0v) is 13.6. The van der Waals surface area contributed by atoms with Crippen LogP contribution in [-0.4, -0.2) is 29.2 Å². The summed E-state index contributed by atoms with van der Waals surface area (Å²) >= 11 is 0. The summed E-state index contributed by atoms with van der Waals surface area (Å²) in [6.07, 6.45) is 1.72. The van der Waals surface area contributed by atoms with E-state index in [0.717, 1.165) is 29.2 Å². The van der Waals surface area contributed by atoms with E-state index in [9.17, 15) is 4.79 Å². The molecule has 2 aromatic carbocycles. The van der Waals surface area contributed by atoms with Crippen LogP contribution in [-0.2, 0) is 4.79 Å². The Bertz CT molecular complexity index is 767. The van der Waals surface area contributed by atoms with Crippen LogP contribution in [0.3, 0.4) is 0 Å². The maximum atomic E-state index is 12.3. The molecule has 0 saturated heterocycles. The smallest absolute Gasteiger partial charge is 0.243 e. The summed E-state index contributed by atoms with van der Waals surface area (Å²) in [5, 5.41) is 9.80. The summed E-state index contributed by atoms with van der Waals surface area (Å²) in [7, 11) is 0. The van der Waals surface area contributed by atoms with Gasteiger partial charge in [0, 0.05) is 24.1 Å². The maximum absolute atomic E-state index is 12.3. The van der Waals surface area contributed by atoms with Crippen LogP contribution in [0.25, 0.3) is 11.3 Å². The summed E-state index contributed by atoms with van der Waals surface area (Å²) < 4.78 is 0. The van der Waals surface area contributed by atoms with Gasteiger partial charge in [-0.3, -0.25) is 9.89 Å². The van der Waals surface area contributed by atoms with Crippen LogP contribution < -0.4 is 10.2 Å². The van der Waals surface area contributed by atoms with Crippen molar-refractivity contribution in [1.29, 1.82) is 0 Å². The van der Waals surface area contributed by atoms with E-state index in [0.29, 0.717) is 6.54 Å². The Labute approximate surface area is 141 Å². The van der Waals surface area contributed by atoms with Crippen molar-refractivity contribution in [1.82, 2.24) is 10.2 Å². The largest absolute Gasteiger partial charge is 0.362 e. The van der Waals surface area contributed by atoms with Gasteiger partial charge in [-0.25, -0.2) is 0 Å². The molecule has 5 nitrogen and oxygen atoms in total. The molecule has 3 aromatic rings. The number of amides is 1. The Balaban J connectivity index is 1.62. The minimum absolute atomic E-state index is 0.0324. The van der Waals surface area contributed by atoms with Gasteiger partial charge in [0.15, 0.2) is 0 Å². The molecule has 3 rings (SSSR count). The zero-order chi connectivity index (χ0) is 16.8. The number of likely N-dealkylation sites (N-methyl/N-ethyl adjacent to an activating group) is 1. The highest BCUT2D eigenvalue weighted by Gasteiger charge is 2.10. The molecule has 1 aromatic heterocycles. The molecule has 0 saturated carbocycles. The molecule has 0 atom stereocenters. The van der Waals surface area contributed by atoms with Gasteiger partial charge in [-0.15, -0.1) is 0 Å². The number of hydrogen-bond donors (Lipinski definition) is 2. The van der Waals surface area contributed by atoms with Crippen LogP contribution in [0.2, 0.25) is 0 Å². The number of aromatic amines is 1. The van der Waals surface area contributed by atoms with Crippen molar-refractivity contribution in [2.24, 2.45) is 0 Å². The molecule has 24 heavy (non-hydrogen) atoms. The molecule has 0 aliphatic rings. The molecule has 1 heterocycles. The highest BCUT2D eigenvalue weighted by Crippen LogP contribution is 2.19. The number of benzene rings is 2. The van der Waals surface area contributed by atoms with Crippen LogP contribution in [0, 0.1) is 0 Å². The molecule has 5 heteroatoms. The van der Waals surface area contributed by atoms with Crippen LogP contribution in [0.1, 0.15) is 6.92 Å². The first-order chi connectivity index (χ1) is 11.8. The van der Waals surface area contributed by atoms with E-state index in [2.05, 4.69) is 15.5 Å². The highest BCUT2D eigenvalue weighted by molar-refractivity contribution is 5.94. The number of carbonyl (C=O) groups excluding carboxylic acids is 1. The summed E-state index contributed by atoms with van der Waals surface area (Å²) in [4.78, 5) is 14.3. The van der Waals surface area contributed by atoms with E-state index < -0.39 is 0 Å². The zero-order valence-electron chi connectivity index (χ0n) is 13.6. The van der Waals surface area contributed by atoms with Crippen molar-refractivity contribution in [3.05, 3.63) is 66.9 Å². The van der Waals surface area contributed by atoms with Gasteiger partial charge in [-0.1, -0.05) is 30.3 Å². The van der Waals surface area contributed by atoms with Gasteiger partial charge >= 0.3 is 0 Å². The van der Waals surface area contributed by atoms with Gasteiger partial charge in [0.25, 0.3) is 0 Å². The van der Waals surface area contributed by atoms with Gasteiger partial charge in [-0.05, 0) is 42.8 Å². The predicted molar refractivity (Wildman–Crippen MR) is 97.0 cm³/mol. The summed E-state index contributed by atoms with van der Waals surface area (Å²) in [5.41, 5.74) is 3.82. The highest BCUT2D eigenvalue weighted by atomic mass is 16.2. The fourth-order valence-electron chi connectivity index (χ4n) is 2.55. The molecule has 1 amide bonds. The van der Waals surface area contributed by atoms with Crippen molar-refractivity contribution in [3.8, 4) is 11.3 Å². The first kappa shape index (κ1) is 15.8. The normalized spacial score (nSPS) is 10.4. The molecule has 0 unspecified atom stereocenters. The van der Waals surface area contributed by atoms with Crippen molar-refractivity contribution in [2.45, 2.75) is 6.92 Å². The first-order valence-electron chi connectivity index (χ1n) is 7.96. The molecular weight excluding hydrogens is 300 g/mol. The van der Waals surface area contributed by atoms with Crippen molar-refractivity contribution < 1.29 is 4.79 Å². The fourth-order valence-corrected chi connectivity index (χ4v) is 2.55. The second-order valence-electron chi connectivity index (χ2n) is 5.45.